The molecule has 4 heterocycles. The molecular formula is C42H35N5O8. The molecule has 0 bridgehead atoms. The first-order valence-electron chi connectivity index (χ1n) is 19.5. The number of hydrogen-bond donors (Lipinski definition) is 1. The predicted molar refractivity (Wildman–Crippen MR) is 206 cm³/mol. The van der Waals surface area contributed by atoms with Gasteiger partial charge in [0.1, 0.15) is 13.1 Å². The smallest absolute Gasteiger partial charge is 0.270 e. The number of fused-ring (bicyclic) bond motifs is 8. The van der Waals surface area contributed by atoms with Gasteiger partial charge in [0.25, 0.3) is 17.5 Å². The Hall–Kier alpha value is -6.89. The number of anilines is 3. The van der Waals surface area contributed by atoms with E-state index in [1.165, 1.54) is 38.5 Å². The van der Waals surface area contributed by atoms with Crippen molar-refractivity contribution >= 4 is 46.5 Å². The zero-order valence-electron chi connectivity index (χ0n) is 33.6. The number of carbonyl (C=O) groups excluding carboxylic acids is 2. The van der Waals surface area contributed by atoms with E-state index in [0.29, 0.717) is 25.1 Å². The number of para-hydroxylation sites is 2. The summed E-state index contributed by atoms with van der Waals surface area (Å²) in [5.41, 5.74) is 3.25. The van der Waals surface area contributed by atoms with Gasteiger partial charge in [-0.3, -0.25) is 29.6 Å². The van der Waals surface area contributed by atoms with E-state index in [9.17, 15) is 19.7 Å². The molecular weight excluding hydrogens is 702 g/mol. The molecule has 0 saturated heterocycles. The number of non-ortho nitro benzene ring substituents is 1. The van der Waals surface area contributed by atoms with Crippen molar-refractivity contribution in [2.75, 3.05) is 35.9 Å². The normalized spacial score (nSPS) is 19.0. The predicted octanol–water partition coefficient (Wildman–Crippen LogP) is 7.05. The van der Waals surface area contributed by atoms with Gasteiger partial charge in [0.15, 0.2) is 23.0 Å². The van der Waals surface area contributed by atoms with Crippen LogP contribution in [0.15, 0.2) is 96.0 Å². The standard InChI is InChI=1S/C42H35N5O8/c1-52-37-16-31-33(43-20-29-14-26-7-3-5-9-35(26)45(29)41(31)48)18-39(37)54-22-24-11-25(13-28(12-24)47(50)51)23-55-40-19-34-32(17-38(40)53-2)42(49)46-30(21-44-34)15-27-8-4-6-10-36(27)46/h3-13,16-20,29-30,44H,14-15,21-23H2,1-2H3/t29-,30-/m0/s1/i22D2,23D2. The molecule has 55 heavy (non-hydrogen) atoms. The molecule has 0 fully saturated rings. The van der Waals surface area contributed by atoms with Crippen molar-refractivity contribution in [1.82, 2.24) is 0 Å². The maximum absolute atomic E-state index is 13.9. The second kappa shape index (κ2) is 13.5. The number of benzene rings is 5. The topological polar surface area (TPSA) is 145 Å². The van der Waals surface area contributed by atoms with E-state index in [0.717, 1.165) is 40.7 Å². The quantitative estimate of drug-likeness (QED) is 0.124. The minimum absolute atomic E-state index is 0.00143. The van der Waals surface area contributed by atoms with E-state index in [-0.39, 0.29) is 63.7 Å². The number of carbonyl (C=O) groups is 2. The van der Waals surface area contributed by atoms with Gasteiger partial charge in [-0.2, -0.15) is 0 Å². The molecule has 4 aliphatic rings. The van der Waals surface area contributed by atoms with Gasteiger partial charge < -0.3 is 29.2 Å². The third kappa shape index (κ3) is 5.93. The molecule has 2 amide bonds. The maximum atomic E-state index is 13.9. The Bertz CT molecular complexity index is 2640. The van der Waals surface area contributed by atoms with Gasteiger partial charge in [-0.05, 0) is 59.0 Å². The summed E-state index contributed by atoms with van der Waals surface area (Å²) in [6.07, 6.45) is 2.87. The highest BCUT2D eigenvalue weighted by Gasteiger charge is 2.38. The van der Waals surface area contributed by atoms with Gasteiger partial charge in [-0.1, -0.05) is 36.4 Å². The largest absolute Gasteiger partial charge is 0.493 e. The van der Waals surface area contributed by atoms with Crippen LogP contribution in [0.2, 0.25) is 0 Å². The lowest BCUT2D eigenvalue weighted by Gasteiger charge is -2.22. The molecule has 13 heteroatoms. The molecule has 13 nitrogen and oxygen atoms in total. The summed E-state index contributed by atoms with van der Waals surface area (Å²) in [7, 11) is 2.66. The lowest BCUT2D eigenvalue weighted by Crippen LogP contribution is -2.39. The van der Waals surface area contributed by atoms with Gasteiger partial charge in [0.2, 0.25) is 0 Å². The number of nitrogens with one attached hydrogen (secondary N) is 1. The van der Waals surface area contributed by atoms with Crippen LogP contribution < -0.4 is 34.1 Å². The van der Waals surface area contributed by atoms with Gasteiger partial charge >= 0.3 is 0 Å². The minimum Gasteiger partial charge on any atom is -0.493 e. The van der Waals surface area contributed by atoms with Crippen molar-refractivity contribution in [3.63, 3.8) is 0 Å². The molecule has 0 aliphatic carbocycles. The van der Waals surface area contributed by atoms with E-state index in [1.807, 2.05) is 48.5 Å². The van der Waals surface area contributed by atoms with E-state index >= 15 is 0 Å². The first kappa shape index (κ1) is 29.6. The molecule has 276 valence electrons. The Kier molecular flexibility index (Phi) is 7.26. The average Bonchev–Trinajstić information content (AvgIpc) is 3.71. The van der Waals surface area contributed by atoms with Crippen LogP contribution in [0.1, 0.15) is 48.5 Å². The van der Waals surface area contributed by atoms with Crippen LogP contribution in [0.4, 0.5) is 28.4 Å². The number of amides is 2. The van der Waals surface area contributed by atoms with Crippen molar-refractivity contribution in [1.29, 1.82) is 0 Å². The fourth-order valence-electron chi connectivity index (χ4n) is 7.60. The molecule has 0 radical (unpaired) electrons. The van der Waals surface area contributed by atoms with Crippen molar-refractivity contribution in [2.45, 2.75) is 38.0 Å². The third-order valence-corrected chi connectivity index (χ3v) is 10.2. The lowest BCUT2D eigenvalue weighted by atomic mass is 10.1. The molecule has 0 saturated carbocycles. The minimum atomic E-state index is -2.83. The van der Waals surface area contributed by atoms with Crippen LogP contribution in [0.25, 0.3) is 0 Å². The maximum Gasteiger partial charge on any atom is 0.270 e. The molecule has 5 aromatic carbocycles. The fraction of sp³-hybridized carbons (Fsp3) is 0.214. The van der Waals surface area contributed by atoms with E-state index in [2.05, 4.69) is 10.3 Å². The number of hydrogen-bond acceptors (Lipinski definition) is 10. The molecule has 5 aromatic rings. The van der Waals surface area contributed by atoms with Crippen LogP contribution in [0, 0.1) is 10.1 Å². The third-order valence-electron chi connectivity index (χ3n) is 10.2. The van der Waals surface area contributed by atoms with Crippen LogP contribution in [-0.4, -0.2) is 55.8 Å². The highest BCUT2D eigenvalue weighted by atomic mass is 16.6. The Morgan fingerprint density at radius 1 is 0.782 bits per heavy atom. The number of rotatable bonds is 9. The van der Waals surface area contributed by atoms with E-state index in [4.69, 9.17) is 24.4 Å². The second-order valence-electron chi connectivity index (χ2n) is 13.4. The first-order valence-corrected chi connectivity index (χ1v) is 17.5. The summed E-state index contributed by atoms with van der Waals surface area (Å²) in [5, 5.41) is 15.5. The number of nitro groups is 1. The summed E-state index contributed by atoms with van der Waals surface area (Å²) in [5.74, 6) is -0.839. The van der Waals surface area contributed by atoms with Crippen LogP contribution in [0.3, 0.4) is 0 Å². The first-order chi connectivity index (χ1) is 28.3. The van der Waals surface area contributed by atoms with Gasteiger partial charge in [0.05, 0.1) is 59.2 Å². The summed E-state index contributed by atoms with van der Waals surface area (Å²) in [6.45, 7) is -5.23. The number of methoxy groups -OCH3 is 2. The summed E-state index contributed by atoms with van der Waals surface area (Å²) >= 11 is 0. The fourth-order valence-corrected chi connectivity index (χ4v) is 7.60. The molecule has 2 atom stereocenters. The van der Waals surface area contributed by atoms with E-state index in [1.54, 1.807) is 16.0 Å². The van der Waals surface area contributed by atoms with E-state index < -0.39 is 34.9 Å². The monoisotopic (exact) mass is 741 g/mol. The number of nitro benzene ring substituents is 1. The summed E-state index contributed by atoms with van der Waals surface area (Å²) in [4.78, 5) is 47.2. The van der Waals surface area contributed by atoms with Crippen LogP contribution >= 0.6 is 0 Å². The highest BCUT2D eigenvalue weighted by Crippen LogP contribution is 2.43. The molecule has 1 N–H and O–H groups in total. The Balaban J connectivity index is 1.02. The van der Waals surface area contributed by atoms with Crippen molar-refractivity contribution in [3.05, 3.63) is 134 Å². The Labute approximate surface area is 321 Å². The molecule has 9 rings (SSSR count). The van der Waals surface area contributed by atoms with Gasteiger partial charge in [0, 0.05) is 54.8 Å². The van der Waals surface area contributed by atoms with Gasteiger partial charge in [-0.25, -0.2) is 0 Å². The number of ether oxygens (including phenoxy) is 4. The average molecular weight is 742 g/mol. The number of nitrogens with zero attached hydrogens (tertiary/aromatic N) is 4. The molecule has 4 aliphatic heterocycles. The molecule has 0 aromatic heterocycles. The zero-order chi connectivity index (χ0) is 41.4. The lowest BCUT2D eigenvalue weighted by molar-refractivity contribution is -0.385. The SMILES string of the molecule is [2H]C([2H])(Oc1cc2c(cc1OC)C(=O)N1c3ccccc3C[C@H]1C=N2)c1cc([N+](=O)[O-])cc(C([2H])([2H])Oc2cc3c(cc2OC)C(=O)N2c4ccccc4C[C@H]2CN3)c1. The second-order valence-corrected chi connectivity index (χ2v) is 13.4. The number of aliphatic imine (C=N–C) groups is 1. The van der Waals surface area contributed by atoms with Crippen molar-refractivity contribution in [2.24, 2.45) is 4.99 Å². The summed E-state index contributed by atoms with van der Waals surface area (Å²) in [6, 6.07) is 23.4. The Morgan fingerprint density at radius 3 is 2.05 bits per heavy atom. The molecule has 0 unspecified atom stereocenters. The molecule has 0 spiro atoms. The van der Waals surface area contributed by atoms with Crippen molar-refractivity contribution in [3.8, 4) is 23.0 Å². The van der Waals surface area contributed by atoms with Crippen molar-refractivity contribution < 1.29 is 38.9 Å². The van der Waals surface area contributed by atoms with Crippen LogP contribution in [0.5, 0.6) is 23.0 Å². The van der Waals surface area contributed by atoms with Crippen LogP contribution in [-0.2, 0) is 26.0 Å². The van der Waals surface area contributed by atoms with Gasteiger partial charge in [-0.15, -0.1) is 0 Å². The highest BCUT2D eigenvalue weighted by molar-refractivity contribution is 6.15. The summed E-state index contributed by atoms with van der Waals surface area (Å²) < 4.78 is 58.8. The Morgan fingerprint density at radius 2 is 1.38 bits per heavy atom. The zero-order valence-corrected chi connectivity index (χ0v) is 29.6.